The van der Waals surface area contributed by atoms with E-state index in [-0.39, 0.29) is 13.2 Å². The van der Waals surface area contributed by atoms with Gasteiger partial charge in [-0.15, -0.1) is 0 Å². The molecular weight excluding hydrogens is 572 g/mol. The number of rotatable bonds is 14. The molecule has 0 aromatic heterocycles. The number of carbonyl (C=O) groups excluding carboxylic acids is 3. The van der Waals surface area contributed by atoms with Gasteiger partial charge in [-0.2, -0.15) is 0 Å². The minimum atomic E-state index is -5.88. The third-order valence-corrected chi connectivity index (χ3v) is 10.2. The van der Waals surface area contributed by atoms with E-state index in [4.69, 9.17) is 4.74 Å². The summed E-state index contributed by atoms with van der Waals surface area (Å²) in [5, 5.41) is 29.8. The van der Waals surface area contributed by atoms with Crippen LogP contribution in [0.1, 0.15) is 59.9 Å². The molecule has 0 radical (unpaired) electrons. The Labute approximate surface area is 232 Å². The number of aliphatic hydroxyl groups is 3. The summed E-state index contributed by atoms with van der Waals surface area (Å²) in [6.45, 7) is 7.70. The van der Waals surface area contributed by atoms with E-state index >= 15 is 0 Å². The van der Waals surface area contributed by atoms with E-state index in [0.29, 0.717) is 5.56 Å². The zero-order valence-electron chi connectivity index (χ0n) is 23.3. The molecule has 16 heteroatoms. The highest BCUT2D eigenvalue weighted by Gasteiger charge is 2.64. The summed E-state index contributed by atoms with van der Waals surface area (Å²) in [6.07, 6.45) is -7.67. The molecule has 4 atom stereocenters. The lowest BCUT2D eigenvalue weighted by Gasteiger charge is -2.36. The van der Waals surface area contributed by atoms with E-state index in [2.05, 4.69) is 14.4 Å². The Balaban J connectivity index is 3.12. The van der Waals surface area contributed by atoms with E-state index in [1.165, 1.54) is 41.5 Å². The first-order valence-electron chi connectivity index (χ1n) is 12.2. The first-order chi connectivity index (χ1) is 18.0. The highest BCUT2D eigenvalue weighted by Crippen LogP contribution is 2.74. The average Bonchev–Trinajstić information content (AvgIpc) is 2.82. The summed E-state index contributed by atoms with van der Waals surface area (Å²) < 4.78 is 40.3. The molecule has 1 aromatic rings. The Hall–Kier alpha value is -1.99. The molecule has 0 saturated carbocycles. The number of alkyl carbamates (subject to hydrolysis) is 1. The normalized spacial score (nSPS) is 18.4. The Morgan fingerprint density at radius 2 is 1.27 bits per heavy atom. The fraction of sp³-hybridized carbons (Fsp3) is 0.625. The van der Waals surface area contributed by atoms with Crippen molar-refractivity contribution in [2.45, 2.75) is 78.7 Å². The van der Waals surface area contributed by atoms with E-state index in [1.54, 1.807) is 30.3 Å². The van der Waals surface area contributed by atoms with Crippen LogP contribution in [-0.2, 0) is 39.1 Å². The second-order valence-corrected chi connectivity index (χ2v) is 15.4. The molecule has 6 N–H and O–H groups in total. The Morgan fingerprint density at radius 3 is 1.68 bits per heavy atom. The molecule has 0 bridgehead atoms. The monoisotopic (exact) mass is 611 g/mol. The number of carbonyl (C=O) groups is 3. The molecule has 0 saturated heterocycles. The minimum Gasteiger partial charge on any atom is -0.445 e. The van der Waals surface area contributed by atoms with Crippen molar-refractivity contribution < 1.29 is 62.4 Å². The molecule has 0 aliphatic carbocycles. The summed E-state index contributed by atoms with van der Waals surface area (Å²) in [7, 11) is -11.8. The number of ketones is 2. The molecule has 228 valence electrons. The van der Waals surface area contributed by atoms with Gasteiger partial charge < -0.3 is 35.2 Å². The van der Waals surface area contributed by atoms with Crippen molar-refractivity contribution >= 4 is 32.9 Å². The molecular formula is C24H39NO13P2. The fourth-order valence-electron chi connectivity index (χ4n) is 3.01. The largest absolute Gasteiger partial charge is 0.445 e. The van der Waals surface area contributed by atoms with Gasteiger partial charge in [0.1, 0.15) is 6.61 Å². The third kappa shape index (κ3) is 9.83. The molecule has 0 aliphatic heterocycles. The summed E-state index contributed by atoms with van der Waals surface area (Å²) in [5.74, 6) is -2.19. The van der Waals surface area contributed by atoms with Crippen molar-refractivity contribution in [1.29, 1.82) is 0 Å². The van der Waals surface area contributed by atoms with Crippen LogP contribution < -0.4 is 5.32 Å². The Morgan fingerprint density at radius 1 is 0.850 bits per heavy atom. The quantitative estimate of drug-likeness (QED) is 0.101. The number of hydrogen-bond donors (Lipinski definition) is 6. The first kappa shape index (κ1) is 36.0. The van der Waals surface area contributed by atoms with Crippen molar-refractivity contribution in [3.8, 4) is 0 Å². The van der Waals surface area contributed by atoms with Gasteiger partial charge >= 0.3 is 21.3 Å². The van der Waals surface area contributed by atoms with Gasteiger partial charge in [-0.05, 0) is 12.0 Å². The maximum absolute atomic E-state index is 13.1. The molecule has 4 unspecified atom stereocenters. The molecule has 40 heavy (non-hydrogen) atoms. The van der Waals surface area contributed by atoms with Crippen LogP contribution in [0.2, 0.25) is 0 Å². The van der Waals surface area contributed by atoms with Gasteiger partial charge in [0.05, 0.1) is 0 Å². The molecule has 1 amide bonds. The first-order valence-corrected chi connectivity index (χ1v) is 15.3. The van der Waals surface area contributed by atoms with Crippen LogP contribution in [0.3, 0.4) is 0 Å². The van der Waals surface area contributed by atoms with Gasteiger partial charge in [-0.1, -0.05) is 71.9 Å². The van der Waals surface area contributed by atoms with Crippen LogP contribution in [0, 0.1) is 10.8 Å². The summed E-state index contributed by atoms with van der Waals surface area (Å²) in [4.78, 5) is 57.7. The van der Waals surface area contributed by atoms with Crippen molar-refractivity contribution in [3.05, 3.63) is 35.9 Å². The molecule has 0 aliphatic rings. The number of amides is 1. The maximum atomic E-state index is 13.1. The van der Waals surface area contributed by atoms with E-state index in [0.717, 1.165) is 0 Å². The van der Waals surface area contributed by atoms with Crippen LogP contribution >= 0.6 is 15.2 Å². The second-order valence-electron chi connectivity index (χ2n) is 11.1. The van der Waals surface area contributed by atoms with E-state index in [1.807, 2.05) is 0 Å². The standard InChI is InChI=1S/C24H39NO13P2/c1-22(2,3)17(26)19(28)37-39(32,33)24(31,40(34,35)38-20(29)18(27)23(4,5)6)13-10-14-25-21(30)36-15-16-11-8-7-9-12-16/h7-9,11-12,19-20,28-29,31H,10,13-15H2,1-6H3,(H,25,30)(H,32,33)(H,34,35). The number of aliphatic hydroxyl groups excluding tert-OH is 2. The SMILES string of the molecule is CC(C)(C)C(=O)C(O)OP(=O)(O)C(O)(CCCNC(=O)OCc1ccccc1)P(=O)(O)OC(O)C(=O)C(C)(C)C. The van der Waals surface area contributed by atoms with Crippen molar-refractivity contribution in [1.82, 2.24) is 5.32 Å². The molecule has 0 fully saturated rings. The average molecular weight is 612 g/mol. The Bertz CT molecular complexity index is 1070. The zero-order valence-corrected chi connectivity index (χ0v) is 25.1. The lowest BCUT2D eigenvalue weighted by atomic mass is 9.90. The van der Waals surface area contributed by atoms with Crippen molar-refractivity contribution in [2.24, 2.45) is 10.8 Å². The van der Waals surface area contributed by atoms with Crippen LogP contribution in [0.5, 0.6) is 0 Å². The van der Waals surface area contributed by atoms with Gasteiger partial charge in [-0.25, -0.2) is 4.79 Å². The molecule has 0 spiro atoms. The number of benzene rings is 1. The third-order valence-electron chi connectivity index (χ3n) is 5.49. The van der Waals surface area contributed by atoms with Gasteiger partial charge in [0.25, 0.3) is 5.08 Å². The predicted octanol–water partition coefficient (Wildman–Crippen LogP) is 2.61. The van der Waals surface area contributed by atoms with Crippen LogP contribution in [0.25, 0.3) is 0 Å². The lowest BCUT2D eigenvalue weighted by Crippen LogP contribution is -2.40. The summed E-state index contributed by atoms with van der Waals surface area (Å²) >= 11 is 0. The van der Waals surface area contributed by atoms with Gasteiger partial charge in [-0.3, -0.25) is 27.8 Å². The van der Waals surface area contributed by atoms with Gasteiger partial charge in [0.15, 0.2) is 11.6 Å². The van der Waals surface area contributed by atoms with Crippen molar-refractivity contribution in [3.63, 3.8) is 0 Å². The van der Waals surface area contributed by atoms with Crippen LogP contribution in [0.4, 0.5) is 4.79 Å². The number of hydrogen-bond acceptors (Lipinski definition) is 11. The topological polar surface area (TPSA) is 226 Å². The lowest BCUT2D eigenvalue weighted by molar-refractivity contribution is -0.152. The second kappa shape index (κ2) is 13.8. The van der Waals surface area contributed by atoms with Crippen molar-refractivity contribution in [2.75, 3.05) is 6.54 Å². The van der Waals surface area contributed by atoms with Gasteiger partial charge in [0.2, 0.25) is 12.6 Å². The number of nitrogens with one attached hydrogen (secondary N) is 1. The molecule has 1 aromatic carbocycles. The maximum Gasteiger partial charge on any atom is 0.407 e. The molecule has 0 heterocycles. The molecule has 14 nitrogen and oxygen atoms in total. The fourth-order valence-corrected chi connectivity index (χ4v) is 6.52. The highest BCUT2D eigenvalue weighted by molar-refractivity contribution is 7.73. The van der Waals surface area contributed by atoms with Crippen LogP contribution in [0.15, 0.2) is 30.3 Å². The van der Waals surface area contributed by atoms with E-state index < -0.39 is 74.2 Å². The number of Topliss-reactive ketones (excluding diaryl/α,β-unsaturated/α-hetero) is 2. The molecule has 1 rings (SSSR count). The minimum absolute atomic E-state index is 0.0740. The summed E-state index contributed by atoms with van der Waals surface area (Å²) in [5.41, 5.74) is -1.87. The van der Waals surface area contributed by atoms with E-state index in [9.17, 15) is 48.6 Å². The highest BCUT2D eigenvalue weighted by atomic mass is 31.2. The van der Waals surface area contributed by atoms with Gasteiger partial charge in [0, 0.05) is 23.8 Å². The number of ether oxygens (including phenoxy) is 1. The predicted molar refractivity (Wildman–Crippen MR) is 142 cm³/mol. The Kier molecular flexibility index (Phi) is 12.4. The zero-order chi connectivity index (χ0) is 31.2. The van der Waals surface area contributed by atoms with Crippen LogP contribution in [-0.4, -0.2) is 67.0 Å². The summed E-state index contributed by atoms with van der Waals surface area (Å²) in [6, 6.07) is 8.67. The smallest absolute Gasteiger partial charge is 0.407 e.